The van der Waals surface area contributed by atoms with Crippen molar-refractivity contribution >= 4 is 23.2 Å². The molecule has 35 heavy (non-hydrogen) atoms. The van der Waals surface area contributed by atoms with Crippen LogP contribution in [0.1, 0.15) is 34.4 Å². The number of halogens is 1. The molecule has 0 N–H and O–H groups in total. The number of carbonyl (C=O) groups excluding carboxylic acids is 2. The normalized spacial score (nSPS) is 10.8. The Morgan fingerprint density at radius 2 is 1.66 bits per heavy atom. The van der Waals surface area contributed by atoms with Crippen LogP contribution < -0.4 is 0 Å². The average Bonchev–Trinajstić information content (AvgIpc) is 3.27. The fourth-order valence-electron chi connectivity index (χ4n) is 3.79. The minimum absolute atomic E-state index is 0.00293. The molecule has 1 heterocycles. The van der Waals surface area contributed by atoms with Gasteiger partial charge in [-0.2, -0.15) is 0 Å². The second-order valence-corrected chi connectivity index (χ2v) is 9.55. The Labute approximate surface area is 211 Å². The molecule has 1 aromatic heterocycles. The number of carbonyl (C=O) groups is 2. The Balaban J connectivity index is 1.72. The summed E-state index contributed by atoms with van der Waals surface area (Å²) in [5, 5.41) is 2.01. The number of thiophene rings is 1. The first kappa shape index (κ1) is 26.6. The Morgan fingerprint density at radius 3 is 2.31 bits per heavy atom. The highest BCUT2D eigenvalue weighted by atomic mass is 32.1. The summed E-state index contributed by atoms with van der Waals surface area (Å²) < 4.78 is 18.6. The Hall–Kier alpha value is -3.03. The first-order chi connectivity index (χ1) is 17.0. The molecule has 5 nitrogen and oxygen atoms in total. The summed E-state index contributed by atoms with van der Waals surface area (Å²) in [7, 11) is 1.63. The molecule has 2 amide bonds. The zero-order valence-electron chi connectivity index (χ0n) is 20.4. The Bertz CT molecular complexity index is 1070. The summed E-state index contributed by atoms with van der Waals surface area (Å²) in [5.74, 6) is -0.492. The van der Waals surface area contributed by atoms with Crippen molar-refractivity contribution < 1.29 is 18.7 Å². The SMILES string of the molecule is COCCCN(CC(=O)N(Cc1ccc(F)cc1)Cc1sccc1C)C(=O)CCc1ccccc1. The number of ether oxygens (including phenoxy) is 1. The molecule has 0 bridgehead atoms. The predicted molar refractivity (Wildman–Crippen MR) is 138 cm³/mol. The molecule has 3 rings (SSSR count). The van der Waals surface area contributed by atoms with Crippen LogP contribution in [-0.4, -0.2) is 48.4 Å². The third kappa shape index (κ3) is 8.60. The lowest BCUT2D eigenvalue weighted by atomic mass is 10.1. The largest absolute Gasteiger partial charge is 0.385 e. The highest BCUT2D eigenvalue weighted by molar-refractivity contribution is 7.10. The van der Waals surface area contributed by atoms with Gasteiger partial charge in [0.15, 0.2) is 0 Å². The monoisotopic (exact) mass is 496 g/mol. The molecule has 0 atom stereocenters. The van der Waals surface area contributed by atoms with Gasteiger partial charge in [0, 0.05) is 38.1 Å². The van der Waals surface area contributed by atoms with Crippen molar-refractivity contribution in [1.29, 1.82) is 0 Å². The number of hydrogen-bond donors (Lipinski definition) is 0. The summed E-state index contributed by atoms with van der Waals surface area (Å²) in [6.45, 7) is 3.80. The smallest absolute Gasteiger partial charge is 0.242 e. The molecule has 0 saturated heterocycles. The van der Waals surface area contributed by atoms with Crippen molar-refractivity contribution in [2.45, 2.75) is 39.3 Å². The van der Waals surface area contributed by atoms with Gasteiger partial charge >= 0.3 is 0 Å². The van der Waals surface area contributed by atoms with Gasteiger partial charge in [0.25, 0.3) is 0 Å². The van der Waals surface area contributed by atoms with Gasteiger partial charge in [-0.3, -0.25) is 9.59 Å². The van der Waals surface area contributed by atoms with Gasteiger partial charge in [-0.25, -0.2) is 4.39 Å². The van der Waals surface area contributed by atoms with Crippen LogP contribution in [0.25, 0.3) is 0 Å². The van der Waals surface area contributed by atoms with Crippen LogP contribution in [0, 0.1) is 12.7 Å². The Morgan fingerprint density at radius 1 is 0.914 bits per heavy atom. The third-order valence-electron chi connectivity index (χ3n) is 5.87. The highest BCUT2D eigenvalue weighted by Crippen LogP contribution is 2.20. The number of aryl methyl sites for hydroxylation is 2. The van der Waals surface area contributed by atoms with E-state index in [-0.39, 0.29) is 24.2 Å². The lowest BCUT2D eigenvalue weighted by molar-refractivity contribution is -0.141. The fraction of sp³-hybridized carbons (Fsp3) is 0.357. The standard InChI is InChI=1S/C28H33FN2O3S/c1-22-15-18-35-26(22)20-31(19-24-9-12-25(29)13-10-24)28(33)21-30(16-6-17-34-2)27(32)14-11-23-7-4-3-5-8-23/h3-5,7-10,12-13,15,18H,6,11,14,16-17,19-21H2,1-2H3. The second kappa shape index (κ2) is 13.8. The average molecular weight is 497 g/mol. The van der Waals surface area contributed by atoms with Gasteiger partial charge < -0.3 is 14.5 Å². The van der Waals surface area contributed by atoms with Gasteiger partial charge in [-0.1, -0.05) is 42.5 Å². The van der Waals surface area contributed by atoms with E-state index in [1.54, 1.807) is 40.4 Å². The van der Waals surface area contributed by atoms with E-state index >= 15 is 0 Å². The van der Waals surface area contributed by atoms with E-state index in [9.17, 15) is 14.0 Å². The molecule has 0 aliphatic rings. The van der Waals surface area contributed by atoms with Gasteiger partial charge in [0.05, 0.1) is 13.1 Å². The van der Waals surface area contributed by atoms with Crippen LogP contribution >= 0.6 is 11.3 Å². The minimum Gasteiger partial charge on any atom is -0.385 e. The maximum atomic E-state index is 13.5. The van der Waals surface area contributed by atoms with Crippen LogP contribution in [-0.2, 0) is 33.8 Å². The van der Waals surface area contributed by atoms with E-state index in [2.05, 4.69) is 0 Å². The quantitative estimate of drug-likeness (QED) is 0.305. The van der Waals surface area contributed by atoms with Crippen molar-refractivity contribution in [2.75, 3.05) is 26.8 Å². The number of benzene rings is 2. The molecular formula is C28H33FN2O3S. The van der Waals surface area contributed by atoms with E-state index in [1.807, 2.05) is 48.7 Å². The van der Waals surface area contributed by atoms with Crippen molar-refractivity contribution in [3.8, 4) is 0 Å². The number of amides is 2. The molecule has 186 valence electrons. The highest BCUT2D eigenvalue weighted by Gasteiger charge is 2.22. The van der Waals surface area contributed by atoms with E-state index < -0.39 is 0 Å². The van der Waals surface area contributed by atoms with Crippen molar-refractivity contribution in [3.63, 3.8) is 0 Å². The van der Waals surface area contributed by atoms with Crippen molar-refractivity contribution in [2.24, 2.45) is 0 Å². The minimum atomic E-state index is -0.311. The van der Waals surface area contributed by atoms with Crippen LogP contribution in [0.4, 0.5) is 4.39 Å². The molecule has 0 aliphatic heterocycles. The number of hydrogen-bond acceptors (Lipinski definition) is 4. The zero-order chi connectivity index (χ0) is 25.0. The van der Waals surface area contributed by atoms with Gasteiger partial charge in [0.2, 0.25) is 11.8 Å². The van der Waals surface area contributed by atoms with Crippen LogP contribution in [0.2, 0.25) is 0 Å². The van der Waals surface area contributed by atoms with Crippen molar-refractivity contribution in [3.05, 3.63) is 93.4 Å². The zero-order valence-corrected chi connectivity index (χ0v) is 21.2. The van der Waals surface area contributed by atoms with Gasteiger partial charge in [-0.15, -0.1) is 11.3 Å². The lowest BCUT2D eigenvalue weighted by Crippen LogP contribution is -2.43. The molecule has 3 aromatic rings. The topological polar surface area (TPSA) is 49.9 Å². The molecule has 2 aromatic carbocycles. The van der Waals surface area contributed by atoms with Crippen LogP contribution in [0.3, 0.4) is 0 Å². The summed E-state index contributed by atoms with van der Waals surface area (Å²) in [6, 6.07) is 18.1. The molecule has 0 unspecified atom stereocenters. The van der Waals surface area contributed by atoms with E-state index in [0.29, 0.717) is 45.5 Å². The number of rotatable bonds is 13. The molecule has 0 fully saturated rings. The first-order valence-electron chi connectivity index (χ1n) is 11.8. The molecule has 7 heteroatoms. The fourth-order valence-corrected chi connectivity index (χ4v) is 4.71. The van der Waals surface area contributed by atoms with Gasteiger partial charge in [-0.05, 0) is 60.0 Å². The Kier molecular flexibility index (Phi) is 10.4. The molecule has 0 aliphatic carbocycles. The number of nitrogens with zero attached hydrogens (tertiary/aromatic N) is 2. The molecular weight excluding hydrogens is 463 g/mol. The van der Waals surface area contributed by atoms with E-state index in [4.69, 9.17) is 4.74 Å². The maximum absolute atomic E-state index is 13.5. The van der Waals surface area contributed by atoms with Crippen molar-refractivity contribution in [1.82, 2.24) is 9.80 Å². The van der Waals surface area contributed by atoms with Gasteiger partial charge in [0.1, 0.15) is 5.82 Å². The molecule has 0 saturated carbocycles. The van der Waals surface area contributed by atoms with Crippen LogP contribution in [0.5, 0.6) is 0 Å². The summed E-state index contributed by atoms with van der Waals surface area (Å²) in [5.41, 5.74) is 3.06. The third-order valence-corrected chi connectivity index (χ3v) is 6.88. The summed E-state index contributed by atoms with van der Waals surface area (Å²) >= 11 is 1.61. The molecule has 0 radical (unpaired) electrons. The number of methoxy groups -OCH3 is 1. The predicted octanol–water partition coefficient (Wildman–Crippen LogP) is 5.22. The van der Waals surface area contributed by atoms with Crippen LogP contribution in [0.15, 0.2) is 66.0 Å². The van der Waals surface area contributed by atoms with E-state index in [1.165, 1.54) is 12.1 Å². The molecule has 0 spiro atoms. The first-order valence-corrected chi connectivity index (χ1v) is 12.7. The maximum Gasteiger partial charge on any atom is 0.242 e. The summed E-state index contributed by atoms with van der Waals surface area (Å²) in [4.78, 5) is 31.1. The van der Waals surface area contributed by atoms with E-state index in [0.717, 1.165) is 21.6 Å². The summed E-state index contributed by atoms with van der Waals surface area (Å²) in [6.07, 6.45) is 1.62. The second-order valence-electron chi connectivity index (χ2n) is 8.55. The lowest BCUT2D eigenvalue weighted by Gasteiger charge is -2.28.